The summed E-state index contributed by atoms with van der Waals surface area (Å²) in [4.78, 5) is 17.0. The van der Waals surface area contributed by atoms with Crippen LogP contribution in [0.1, 0.15) is 11.1 Å². The second-order valence-corrected chi connectivity index (χ2v) is 9.39. The molecule has 1 aliphatic heterocycles. The summed E-state index contributed by atoms with van der Waals surface area (Å²) in [5.41, 5.74) is 4.48. The van der Waals surface area contributed by atoms with Crippen LogP contribution in [0, 0.1) is 8.98 Å². The van der Waals surface area contributed by atoms with E-state index in [-0.39, 0.29) is 11.9 Å². The van der Waals surface area contributed by atoms with Crippen molar-refractivity contribution in [2.45, 2.75) is 0 Å². The Morgan fingerprint density at radius 1 is 0.676 bits per heavy atom. The lowest BCUT2D eigenvalue weighted by molar-refractivity contribution is 0.257. The third-order valence-corrected chi connectivity index (χ3v) is 6.56. The second kappa shape index (κ2) is 9.44. The maximum atomic E-state index is 13.9. The summed E-state index contributed by atoms with van der Waals surface area (Å²) in [6.07, 6.45) is 0. The van der Waals surface area contributed by atoms with Gasteiger partial charge < -0.3 is 0 Å². The Morgan fingerprint density at radius 3 is 1.68 bits per heavy atom. The van der Waals surface area contributed by atoms with Crippen molar-refractivity contribution in [2.75, 3.05) is 9.80 Å². The van der Waals surface area contributed by atoms with Gasteiger partial charge in [0.1, 0.15) is 5.70 Å². The molecule has 1 heterocycles. The normalized spacial score (nSPS) is 13.5. The molecule has 0 bridgehead atoms. The van der Waals surface area contributed by atoms with Crippen LogP contribution in [0.15, 0.2) is 115 Å². The molecule has 1 aliphatic rings. The number of amidine groups is 1. The SMILES string of the molecule is N=C1C(=C(c2ccccc2)c2ccccc2)N(c2ccc(I)cc2)C(=O)N1c1ccc(Cl)cc1. The fourth-order valence-electron chi connectivity index (χ4n) is 4.04. The Bertz CT molecular complexity index is 1340. The van der Waals surface area contributed by atoms with E-state index in [1.54, 1.807) is 29.2 Å². The highest BCUT2D eigenvalue weighted by atomic mass is 127. The average Bonchev–Trinajstić information content (AvgIpc) is 3.12. The molecule has 0 spiro atoms. The van der Waals surface area contributed by atoms with Gasteiger partial charge in [0, 0.05) is 14.2 Å². The first-order valence-electron chi connectivity index (χ1n) is 10.6. The lowest BCUT2D eigenvalue weighted by Crippen LogP contribution is -2.32. The van der Waals surface area contributed by atoms with E-state index in [2.05, 4.69) is 22.6 Å². The van der Waals surface area contributed by atoms with Gasteiger partial charge in [-0.2, -0.15) is 0 Å². The van der Waals surface area contributed by atoms with Gasteiger partial charge in [-0.05, 0) is 82.2 Å². The zero-order valence-corrected chi connectivity index (χ0v) is 20.9. The van der Waals surface area contributed by atoms with Crippen LogP contribution < -0.4 is 9.80 Å². The highest BCUT2D eigenvalue weighted by Crippen LogP contribution is 2.39. The topological polar surface area (TPSA) is 47.4 Å². The first-order valence-corrected chi connectivity index (χ1v) is 12.1. The molecule has 0 saturated carbocycles. The molecule has 1 N–H and O–H groups in total. The van der Waals surface area contributed by atoms with Crippen molar-refractivity contribution in [2.24, 2.45) is 0 Å². The van der Waals surface area contributed by atoms with E-state index in [1.165, 1.54) is 4.90 Å². The minimum absolute atomic E-state index is 0.105. The van der Waals surface area contributed by atoms with Crippen LogP contribution in [-0.4, -0.2) is 11.9 Å². The highest BCUT2D eigenvalue weighted by molar-refractivity contribution is 14.1. The smallest absolute Gasteiger partial charge is 0.282 e. The number of urea groups is 1. The maximum Gasteiger partial charge on any atom is 0.339 e. The number of amides is 2. The molecule has 6 heteroatoms. The van der Waals surface area contributed by atoms with Crippen LogP contribution in [0.2, 0.25) is 5.02 Å². The number of nitrogens with one attached hydrogen (secondary N) is 1. The molecule has 4 aromatic carbocycles. The van der Waals surface area contributed by atoms with Crippen LogP contribution in [0.4, 0.5) is 16.2 Å². The van der Waals surface area contributed by atoms with Crippen LogP contribution >= 0.6 is 34.2 Å². The Labute approximate surface area is 216 Å². The molecule has 0 unspecified atom stereocenters. The maximum absolute atomic E-state index is 13.9. The van der Waals surface area contributed by atoms with Gasteiger partial charge in [0.05, 0.1) is 11.4 Å². The minimum Gasteiger partial charge on any atom is -0.282 e. The predicted molar refractivity (Wildman–Crippen MR) is 148 cm³/mol. The van der Waals surface area contributed by atoms with E-state index in [4.69, 9.17) is 11.6 Å². The summed E-state index contributed by atoms with van der Waals surface area (Å²) in [5.74, 6) is 0.105. The Morgan fingerprint density at radius 2 is 1.15 bits per heavy atom. The number of halogens is 2. The summed E-state index contributed by atoms with van der Waals surface area (Å²) < 4.78 is 1.06. The Hall–Kier alpha value is -3.42. The van der Waals surface area contributed by atoms with E-state index in [1.807, 2.05) is 84.9 Å². The molecular formula is C28H19ClIN3O. The molecule has 34 heavy (non-hydrogen) atoms. The van der Waals surface area contributed by atoms with E-state index in [0.29, 0.717) is 22.1 Å². The quantitative estimate of drug-likeness (QED) is 0.248. The highest BCUT2D eigenvalue weighted by Gasteiger charge is 2.42. The van der Waals surface area contributed by atoms with Crippen molar-refractivity contribution in [1.29, 1.82) is 5.41 Å². The van der Waals surface area contributed by atoms with Crippen molar-refractivity contribution in [3.8, 4) is 0 Å². The summed E-state index contributed by atoms with van der Waals surface area (Å²) in [6, 6.07) is 34.2. The number of carbonyl (C=O) groups is 1. The van der Waals surface area contributed by atoms with Gasteiger partial charge >= 0.3 is 6.03 Å². The molecular weight excluding hydrogens is 557 g/mol. The zero-order valence-electron chi connectivity index (χ0n) is 18.0. The molecule has 0 aromatic heterocycles. The number of hydrogen-bond donors (Lipinski definition) is 1. The van der Waals surface area contributed by atoms with Crippen LogP contribution in [-0.2, 0) is 0 Å². The van der Waals surface area contributed by atoms with Crippen molar-refractivity contribution >= 4 is 63.0 Å². The van der Waals surface area contributed by atoms with E-state index in [9.17, 15) is 10.2 Å². The third-order valence-electron chi connectivity index (χ3n) is 5.59. The molecule has 1 saturated heterocycles. The fraction of sp³-hybridized carbons (Fsp3) is 0. The molecule has 5 rings (SSSR count). The standard InChI is InChI=1S/C28H19ClIN3O/c29-21-11-15-24(16-12-21)33-27(31)26(32(28(33)34)23-17-13-22(30)14-18-23)25(19-7-3-1-4-8-19)20-9-5-2-6-10-20/h1-18,31H. The Kier molecular flexibility index (Phi) is 6.22. The summed E-state index contributed by atoms with van der Waals surface area (Å²) >= 11 is 8.33. The largest absolute Gasteiger partial charge is 0.339 e. The molecule has 0 aliphatic carbocycles. The second-order valence-electron chi connectivity index (χ2n) is 7.71. The molecule has 0 atom stereocenters. The van der Waals surface area contributed by atoms with Gasteiger partial charge in [-0.25, -0.2) is 9.69 Å². The van der Waals surface area contributed by atoms with Crippen molar-refractivity contribution < 1.29 is 4.79 Å². The summed E-state index contributed by atoms with van der Waals surface area (Å²) in [5, 5.41) is 9.78. The first-order chi connectivity index (χ1) is 16.5. The molecule has 1 fully saturated rings. The van der Waals surface area contributed by atoms with Gasteiger partial charge in [0.2, 0.25) is 0 Å². The number of carbonyl (C=O) groups excluding carboxylic acids is 1. The molecule has 166 valence electrons. The number of anilines is 2. The molecule has 4 aromatic rings. The molecule has 0 radical (unpaired) electrons. The van der Waals surface area contributed by atoms with Gasteiger partial charge in [-0.1, -0.05) is 72.3 Å². The van der Waals surface area contributed by atoms with Gasteiger partial charge in [-0.3, -0.25) is 10.3 Å². The van der Waals surface area contributed by atoms with E-state index < -0.39 is 0 Å². The fourth-order valence-corrected chi connectivity index (χ4v) is 4.53. The van der Waals surface area contributed by atoms with E-state index >= 15 is 0 Å². The van der Waals surface area contributed by atoms with Crippen LogP contribution in [0.3, 0.4) is 0 Å². The first kappa shape index (κ1) is 22.4. The zero-order chi connectivity index (χ0) is 23.7. The van der Waals surface area contributed by atoms with Crippen molar-refractivity contribution in [1.82, 2.24) is 0 Å². The molecule has 2 amide bonds. The predicted octanol–water partition coefficient (Wildman–Crippen LogP) is 7.83. The third kappa shape index (κ3) is 4.13. The van der Waals surface area contributed by atoms with Crippen molar-refractivity contribution in [3.05, 3.63) is 135 Å². The molecule has 4 nitrogen and oxygen atoms in total. The van der Waals surface area contributed by atoms with E-state index in [0.717, 1.165) is 20.3 Å². The summed E-state index contributed by atoms with van der Waals surface area (Å²) in [6.45, 7) is 0. The van der Waals surface area contributed by atoms with Crippen LogP contribution in [0.5, 0.6) is 0 Å². The van der Waals surface area contributed by atoms with Gasteiger partial charge in [0.15, 0.2) is 5.84 Å². The number of nitrogens with zero attached hydrogens (tertiary/aromatic N) is 2. The lowest BCUT2D eigenvalue weighted by Gasteiger charge is -2.21. The minimum atomic E-state index is -0.312. The Balaban J connectivity index is 1.80. The summed E-state index contributed by atoms with van der Waals surface area (Å²) in [7, 11) is 0. The number of hydrogen-bond acceptors (Lipinski definition) is 2. The monoisotopic (exact) mass is 575 g/mol. The van der Waals surface area contributed by atoms with Crippen LogP contribution in [0.25, 0.3) is 5.57 Å². The van der Waals surface area contributed by atoms with Gasteiger partial charge in [-0.15, -0.1) is 0 Å². The van der Waals surface area contributed by atoms with Crippen molar-refractivity contribution in [3.63, 3.8) is 0 Å². The average molecular weight is 576 g/mol. The lowest BCUT2D eigenvalue weighted by atomic mass is 9.95. The van der Waals surface area contributed by atoms with Gasteiger partial charge in [0.25, 0.3) is 0 Å². The number of rotatable bonds is 4. The number of benzene rings is 4.